The van der Waals surface area contributed by atoms with Crippen LogP contribution in [0, 0.1) is 0 Å². The maximum absolute atomic E-state index is 5.88. The van der Waals surface area contributed by atoms with E-state index < -0.39 is 0 Å². The molecule has 1 saturated heterocycles. The average Bonchev–Trinajstić information content (AvgIpc) is 2.50. The van der Waals surface area contributed by atoms with Crippen LogP contribution < -0.4 is 15.2 Å². The third kappa shape index (κ3) is 4.12. The summed E-state index contributed by atoms with van der Waals surface area (Å²) in [6.45, 7) is 6.13. The largest absolute Gasteiger partial charge is 0.490 e. The summed E-state index contributed by atoms with van der Waals surface area (Å²) >= 11 is 0. The minimum Gasteiger partial charge on any atom is -0.490 e. The predicted molar refractivity (Wildman–Crippen MR) is 81.4 cm³/mol. The van der Waals surface area contributed by atoms with Crippen LogP contribution >= 0.6 is 0 Å². The molecule has 1 aromatic carbocycles. The number of piperidine rings is 1. The normalized spacial score (nSPS) is 19.8. The molecule has 0 aromatic heterocycles. The molecule has 0 bridgehead atoms. The van der Waals surface area contributed by atoms with Gasteiger partial charge >= 0.3 is 0 Å². The topological polar surface area (TPSA) is 47.7 Å². The van der Waals surface area contributed by atoms with Crippen LogP contribution in [0.4, 0.5) is 0 Å². The first-order valence-electron chi connectivity index (χ1n) is 7.64. The molecule has 1 heterocycles. The quantitative estimate of drug-likeness (QED) is 0.831. The summed E-state index contributed by atoms with van der Waals surface area (Å²) in [5.74, 6) is 1.65. The van der Waals surface area contributed by atoms with Gasteiger partial charge in [0.1, 0.15) is 6.61 Å². The van der Waals surface area contributed by atoms with E-state index >= 15 is 0 Å². The molecular weight excluding hydrogens is 252 g/mol. The standard InChI is InChI=1S/C16H26N2O2/c1-2-19-15-8-3-4-9-16(15)20-12-11-18-10-6-5-7-14(18)13-17/h3-4,8-9,14H,2,5-7,10-13,17H2,1H3. The molecule has 1 fully saturated rings. The Morgan fingerprint density at radius 3 is 2.65 bits per heavy atom. The maximum Gasteiger partial charge on any atom is 0.161 e. The second kappa shape index (κ2) is 8.12. The van der Waals surface area contributed by atoms with Crippen molar-refractivity contribution in [1.29, 1.82) is 0 Å². The van der Waals surface area contributed by atoms with Gasteiger partial charge in [-0.3, -0.25) is 4.90 Å². The minimum atomic E-state index is 0.523. The van der Waals surface area contributed by atoms with Crippen LogP contribution in [0.15, 0.2) is 24.3 Å². The summed E-state index contributed by atoms with van der Waals surface area (Å²) in [4.78, 5) is 2.45. The van der Waals surface area contributed by atoms with Gasteiger partial charge in [0.05, 0.1) is 6.61 Å². The molecule has 2 rings (SSSR count). The van der Waals surface area contributed by atoms with Crippen molar-refractivity contribution >= 4 is 0 Å². The van der Waals surface area contributed by atoms with Gasteiger partial charge in [0.25, 0.3) is 0 Å². The molecule has 4 nitrogen and oxygen atoms in total. The zero-order valence-corrected chi connectivity index (χ0v) is 12.4. The van der Waals surface area contributed by atoms with E-state index in [9.17, 15) is 0 Å². The van der Waals surface area contributed by atoms with E-state index in [1.807, 2.05) is 31.2 Å². The van der Waals surface area contributed by atoms with Crippen molar-refractivity contribution in [2.75, 3.05) is 32.8 Å². The Balaban J connectivity index is 1.83. The van der Waals surface area contributed by atoms with E-state index in [0.717, 1.165) is 31.1 Å². The summed E-state index contributed by atoms with van der Waals surface area (Å²) < 4.78 is 11.4. The number of ether oxygens (including phenoxy) is 2. The van der Waals surface area contributed by atoms with Crippen molar-refractivity contribution in [1.82, 2.24) is 4.90 Å². The van der Waals surface area contributed by atoms with Gasteiger partial charge in [-0.05, 0) is 38.4 Å². The van der Waals surface area contributed by atoms with Crippen LogP contribution in [0.1, 0.15) is 26.2 Å². The zero-order chi connectivity index (χ0) is 14.2. The minimum absolute atomic E-state index is 0.523. The molecular formula is C16H26N2O2. The van der Waals surface area contributed by atoms with Crippen molar-refractivity contribution in [3.8, 4) is 11.5 Å². The number of hydrogen-bond acceptors (Lipinski definition) is 4. The van der Waals surface area contributed by atoms with E-state index in [-0.39, 0.29) is 0 Å². The van der Waals surface area contributed by atoms with Crippen LogP contribution in [0.25, 0.3) is 0 Å². The maximum atomic E-state index is 5.88. The Morgan fingerprint density at radius 2 is 1.95 bits per heavy atom. The first-order chi connectivity index (χ1) is 9.85. The molecule has 0 saturated carbocycles. The number of para-hydroxylation sites is 2. The first-order valence-corrected chi connectivity index (χ1v) is 7.64. The lowest BCUT2D eigenvalue weighted by molar-refractivity contribution is 0.126. The molecule has 0 radical (unpaired) electrons. The van der Waals surface area contributed by atoms with E-state index in [4.69, 9.17) is 15.2 Å². The molecule has 1 aliphatic rings. The Kier molecular flexibility index (Phi) is 6.15. The fourth-order valence-corrected chi connectivity index (χ4v) is 2.74. The number of nitrogens with two attached hydrogens (primary N) is 1. The SMILES string of the molecule is CCOc1ccccc1OCCN1CCCCC1CN. The Labute approximate surface area is 121 Å². The Bertz CT molecular complexity index is 398. The van der Waals surface area contributed by atoms with E-state index in [2.05, 4.69) is 4.90 Å². The Hall–Kier alpha value is -1.26. The van der Waals surface area contributed by atoms with Crippen molar-refractivity contribution < 1.29 is 9.47 Å². The molecule has 1 atom stereocenters. The van der Waals surface area contributed by atoms with Crippen LogP contribution in [0.2, 0.25) is 0 Å². The van der Waals surface area contributed by atoms with Crippen molar-refractivity contribution in [3.63, 3.8) is 0 Å². The van der Waals surface area contributed by atoms with Crippen molar-refractivity contribution in [3.05, 3.63) is 24.3 Å². The zero-order valence-electron chi connectivity index (χ0n) is 12.4. The number of likely N-dealkylation sites (tertiary alicyclic amines) is 1. The van der Waals surface area contributed by atoms with Gasteiger partial charge in [0, 0.05) is 19.1 Å². The fourth-order valence-electron chi connectivity index (χ4n) is 2.74. The van der Waals surface area contributed by atoms with E-state index in [1.54, 1.807) is 0 Å². The summed E-state index contributed by atoms with van der Waals surface area (Å²) in [5, 5.41) is 0. The van der Waals surface area contributed by atoms with Gasteiger partial charge in [-0.15, -0.1) is 0 Å². The average molecular weight is 278 g/mol. The monoisotopic (exact) mass is 278 g/mol. The molecule has 20 heavy (non-hydrogen) atoms. The molecule has 0 aliphatic carbocycles. The van der Waals surface area contributed by atoms with Gasteiger partial charge in [0.2, 0.25) is 0 Å². The summed E-state index contributed by atoms with van der Waals surface area (Å²) in [5.41, 5.74) is 5.84. The molecule has 4 heteroatoms. The second-order valence-corrected chi connectivity index (χ2v) is 5.15. The number of rotatable bonds is 7. The first kappa shape index (κ1) is 15.1. The van der Waals surface area contributed by atoms with Gasteiger partial charge in [-0.25, -0.2) is 0 Å². The van der Waals surface area contributed by atoms with Gasteiger partial charge in [0.15, 0.2) is 11.5 Å². The summed E-state index contributed by atoms with van der Waals surface area (Å²) in [7, 11) is 0. The van der Waals surface area contributed by atoms with Gasteiger partial charge in [-0.2, -0.15) is 0 Å². The van der Waals surface area contributed by atoms with Crippen LogP contribution in [-0.4, -0.2) is 43.8 Å². The van der Waals surface area contributed by atoms with Crippen molar-refractivity contribution in [2.24, 2.45) is 5.73 Å². The van der Waals surface area contributed by atoms with Crippen LogP contribution in [0.3, 0.4) is 0 Å². The number of hydrogen-bond donors (Lipinski definition) is 1. The number of benzene rings is 1. The third-order valence-corrected chi connectivity index (χ3v) is 3.81. The third-order valence-electron chi connectivity index (χ3n) is 3.81. The molecule has 2 N–H and O–H groups in total. The van der Waals surface area contributed by atoms with E-state index in [1.165, 1.54) is 19.3 Å². The molecule has 0 spiro atoms. The highest BCUT2D eigenvalue weighted by Gasteiger charge is 2.20. The molecule has 0 amide bonds. The Morgan fingerprint density at radius 1 is 1.20 bits per heavy atom. The number of nitrogens with zero attached hydrogens (tertiary/aromatic N) is 1. The lowest BCUT2D eigenvalue weighted by Gasteiger charge is -2.34. The molecule has 1 aromatic rings. The van der Waals surface area contributed by atoms with E-state index in [0.29, 0.717) is 19.3 Å². The van der Waals surface area contributed by atoms with Crippen molar-refractivity contribution in [2.45, 2.75) is 32.2 Å². The lowest BCUT2D eigenvalue weighted by atomic mass is 10.0. The van der Waals surface area contributed by atoms with Gasteiger partial charge < -0.3 is 15.2 Å². The molecule has 1 unspecified atom stereocenters. The molecule has 112 valence electrons. The van der Waals surface area contributed by atoms with Gasteiger partial charge in [-0.1, -0.05) is 18.6 Å². The van der Waals surface area contributed by atoms with Crippen LogP contribution in [-0.2, 0) is 0 Å². The second-order valence-electron chi connectivity index (χ2n) is 5.15. The van der Waals surface area contributed by atoms with Crippen LogP contribution in [0.5, 0.6) is 11.5 Å². The highest BCUT2D eigenvalue weighted by atomic mass is 16.5. The highest BCUT2D eigenvalue weighted by molar-refractivity contribution is 5.39. The molecule has 1 aliphatic heterocycles. The summed E-state index contributed by atoms with van der Waals surface area (Å²) in [6, 6.07) is 8.37. The smallest absolute Gasteiger partial charge is 0.161 e. The lowest BCUT2D eigenvalue weighted by Crippen LogP contribution is -2.45. The summed E-state index contributed by atoms with van der Waals surface area (Å²) in [6.07, 6.45) is 3.78. The highest BCUT2D eigenvalue weighted by Crippen LogP contribution is 2.26. The fraction of sp³-hybridized carbons (Fsp3) is 0.625. The predicted octanol–water partition coefficient (Wildman–Crippen LogP) is 2.28.